The van der Waals surface area contributed by atoms with Crippen molar-refractivity contribution in [3.05, 3.63) is 16.4 Å². The Hall–Kier alpha value is -0.390. The second kappa shape index (κ2) is 5.63. The standard InChI is InChI=1S/C10H18BrN3O/c1-7(8(2)12)10-9(11)6-13-14(10)4-5-15-3/h6-8H,4-5,12H2,1-3H3. The quantitative estimate of drug-likeness (QED) is 0.891. The van der Waals surface area contributed by atoms with Crippen LogP contribution in [0.1, 0.15) is 25.5 Å². The number of ether oxygens (including phenoxy) is 1. The molecule has 86 valence electrons. The smallest absolute Gasteiger partial charge is 0.0658 e. The summed E-state index contributed by atoms with van der Waals surface area (Å²) in [5, 5.41) is 4.29. The number of nitrogens with zero attached hydrogens (tertiary/aromatic N) is 2. The Kier molecular flexibility index (Phi) is 4.76. The zero-order valence-corrected chi connectivity index (χ0v) is 11.0. The van der Waals surface area contributed by atoms with Crippen LogP contribution in [0, 0.1) is 0 Å². The predicted molar refractivity (Wildman–Crippen MR) is 63.9 cm³/mol. The van der Waals surface area contributed by atoms with Crippen molar-refractivity contribution < 1.29 is 4.74 Å². The molecule has 0 aliphatic heterocycles. The number of rotatable bonds is 5. The van der Waals surface area contributed by atoms with Crippen LogP contribution in [0.2, 0.25) is 0 Å². The van der Waals surface area contributed by atoms with Gasteiger partial charge >= 0.3 is 0 Å². The third kappa shape index (κ3) is 3.03. The number of halogens is 1. The van der Waals surface area contributed by atoms with Gasteiger partial charge < -0.3 is 10.5 Å². The monoisotopic (exact) mass is 275 g/mol. The van der Waals surface area contributed by atoms with E-state index < -0.39 is 0 Å². The van der Waals surface area contributed by atoms with E-state index in [-0.39, 0.29) is 12.0 Å². The molecular formula is C10H18BrN3O. The van der Waals surface area contributed by atoms with E-state index in [1.54, 1.807) is 7.11 Å². The number of hydrogen-bond donors (Lipinski definition) is 1. The van der Waals surface area contributed by atoms with Crippen molar-refractivity contribution in [2.24, 2.45) is 5.73 Å². The van der Waals surface area contributed by atoms with Gasteiger partial charge in [0.2, 0.25) is 0 Å². The minimum Gasteiger partial charge on any atom is -0.383 e. The molecule has 0 bridgehead atoms. The molecule has 2 N–H and O–H groups in total. The molecule has 2 unspecified atom stereocenters. The van der Waals surface area contributed by atoms with Crippen LogP contribution < -0.4 is 5.73 Å². The predicted octanol–water partition coefficient (Wildman–Crippen LogP) is 1.74. The topological polar surface area (TPSA) is 53.1 Å². The van der Waals surface area contributed by atoms with Gasteiger partial charge in [0, 0.05) is 19.1 Å². The van der Waals surface area contributed by atoms with E-state index in [2.05, 4.69) is 28.0 Å². The summed E-state index contributed by atoms with van der Waals surface area (Å²) in [7, 11) is 1.69. The zero-order valence-electron chi connectivity index (χ0n) is 9.40. The van der Waals surface area contributed by atoms with Crippen LogP contribution in [0.4, 0.5) is 0 Å². The van der Waals surface area contributed by atoms with E-state index in [4.69, 9.17) is 10.5 Å². The summed E-state index contributed by atoms with van der Waals surface area (Å²) in [6.07, 6.45) is 1.81. The van der Waals surface area contributed by atoms with Gasteiger partial charge in [-0.25, -0.2) is 0 Å². The lowest BCUT2D eigenvalue weighted by Crippen LogP contribution is -2.25. The highest BCUT2D eigenvalue weighted by molar-refractivity contribution is 9.10. The van der Waals surface area contributed by atoms with Crippen LogP contribution >= 0.6 is 15.9 Å². The molecular weight excluding hydrogens is 258 g/mol. The van der Waals surface area contributed by atoms with E-state index in [9.17, 15) is 0 Å². The maximum Gasteiger partial charge on any atom is 0.0658 e. The third-order valence-electron chi connectivity index (χ3n) is 2.56. The Morgan fingerprint density at radius 1 is 1.60 bits per heavy atom. The van der Waals surface area contributed by atoms with Crippen LogP contribution in [-0.4, -0.2) is 29.5 Å². The molecule has 1 aromatic rings. The zero-order chi connectivity index (χ0) is 11.4. The maximum absolute atomic E-state index is 5.90. The van der Waals surface area contributed by atoms with E-state index in [1.165, 1.54) is 0 Å². The SMILES string of the molecule is COCCn1ncc(Br)c1C(C)C(C)N. The minimum atomic E-state index is 0.110. The molecule has 15 heavy (non-hydrogen) atoms. The molecule has 0 radical (unpaired) electrons. The van der Waals surface area contributed by atoms with E-state index in [0.717, 1.165) is 16.7 Å². The van der Waals surface area contributed by atoms with Crippen molar-refractivity contribution in [3.8, 4) is 0 Å². The van der Waals surface area contributed by atoms with Gasteiger partial charge in [0.25, 0.3) is 0 Å². The van der Waals surface area contributed by atoms with Gasteiger partial charge in [-0.1, -0.05) is 6.92 Å². The first-order chi connectivity index (χ1) is 7.07. The molecule has 0 aromatic carbocycles. The molecule has 0 amide bonds. The number of aromatic nitrogens is 2. The molecule has 0 saturated carbocycles. The summed E-state index contributed by atoms with van der Waals surface area (Å²) in [4.78, 5) is 0. The van der Waals surface area contributed by atoms with Gasteiger partial charge in [-0.15, -0.1) is 0 Å². The molecule has 2 atom stereocenters. The number of methoxy groups -OCH3 is 1. The van der Waals surface area contributed by atoms with E-state index >= 15 is 0 Å². The Labute approximate surface area is 98.9 Å². The van der Waals surface area contributed by atoms with E-state index in [0.29, 0.717) is 6.61 Å². The second-order valence-corrected chi connectivity index (χ2v) is 4.60. The van der Waals surface area contributed by atoms with Crippen LogP contribution in [0.5, 0.6) is 0 Å². The van der Waals surface area contributed by atoms with Crippen molar-refractivity contribution in [3.63, 3.8) is 0 Å². The Morgan fingerprint density at radius 3 is 2.80 bits per heavy atom. The molecule has 1 aromatic heterocycles. The summed E-state index contributed by atoms with van der Waals surface area (Å²) < 4.78 is 8.01. The molecule has 0 saturated heterocycles. The van der Waals surface area contributed by atoms with Crippen LogP contribution in [-0.2, 0) is 11.3 Å². The van der Waals surface area contributed by atoms with Gasteiger partial charge in [0.05, 0.1) is 29.5 Å². The molecule has 0 aliphatic carbocycles. The lowest BCUT2D eigenvalue weighted by atomic mass is 10.0. The fourth-order valence-electron chi connectivity index (χ4n) is 1.43. The summed E-state index contributed by atoms with van der Waals surface area (Å²) in [6.45, 7) is 5.53. The summed E-state index contributed by atoms with van der Waals surface area (Å²) in [6, 6.07) is 0.110. The van der Waals surface area contributed by atoms with Crippen LogP contribution in [0.25, 0.3) is 0 Å². The first-order valence-corrected chi connectivity index (χ1v) is 5.83. The summed E-state index contributed by atoms with van der Waals surface area (Å²) in [5.74, 6) is 0.277. The Morgan fingerprint density at radius 2 is 2.27 bits per heavy atom. The molecule has 0 aliphatic rings. The number of nitrogens with two attached hydrogens (primary N) is 1. The lowest BCUT2D eigenvalue weighted by Gasteiger charge is -2.18. The average Bonchev–Trinajstić information content (AvgIpc) is 2.55. The van der Waals surface area contributed by atoms with Crippen LogP contribution in [0.15, 0.2) is 10.7 Å². The first-order valence-electron chi connectivity index (χ1n) is 5.03. The molecule has 0 spiro atoms. The molecule has 4 nitrogen and oxygen atoms in total. The van der Waals surface area contributed by atoms with Gasteiger partial charge in [0.15, 0.2) is 0 Å². The maximum atomic E-state index is 5.90. The second-order valence-electron chi connectivity index (χ2n) is 3.74. The minimum absolute atomic E-state index is 0.110. The molecule has 0 fully saturated rings. The van der Waals surface area contributed by atoms with Gasteiger partial charge in [-0.05, 0) is 22.9 Å². The van der Waals surface area contributed by atoms with Crippen LogP contribution in [0.3, 0.4) is 0 Å². The van der Waals surface area contributed by atoms with Crippen molar-refractivity contribution in [2.45, 2.75) is 32.4 Å². The highest BCUT2D eigenvalue weighted by Gasteiger charge is 2.18. The first kappa shape index (κ1) is 12.7. The lowest BCUT2D eigenvalue weighted by molar-refractivity contribution is 0.182. The largest absolute Gasteiger partial charge is 0.383 e. The number of hydrogen-bond acceptors (Lipinski definition) is 3. The van der Waals surface area contributed by atoms with E-state index in [1.807, 2.05) is 17.8 Å². The molecule has 1 rings (SSSR count). The van der Waals surface area contributed by atoms with Gasteiger partial charge in [0.1, 0.15) is 0 Å². The highest BCUT2D eigenvalue weighted by Crippen LogP contribution is 2.26. The van der Waals surface area contributed by atoms with Crippen molar-refractivity contribution >= 4 is 15.9 Å². The van der Waals surface area contributed by atoms with Crippen molar-refractivity contribution in [1.82, 2.24) is 9.78 Å². The average molecular weight is 276 g/mol. The Bertz CT molecular complexity index is 312. The van der Waals surface area contributed by atoms with Crippen molar-refractivity contribution in [2.75, 3.05) is 13.7 Å². The fourth-order valence-corrected chi connectivity index (χ4v) is 2.09. The third-order valence-corrected chi connectivity index (χ3v) is 3.17. The van der Waals surface area contributed by atoms with Gasteiger partial charge in [-0.3, -0.25) is 4.68 Å². The summed E-state index contributed by atoms with van der Waals surface area (Å²) >= 11 is 3.50. The Balaban J connectivity index is 2.88. The molecule has 1 heterocycles. The fraction of sp³-hybridized carbons (Fsp3) is 0.700. The van der Waals surface area contributed by atoms with Crippen molar-refractivity contribution in [1.29, 1.82) is 0 Å². The van der Waals surface area contributed by atoms with Gasteiger partial charge in [-0.2, -0.15) is 5.10 Å². The molecule has 5 heteroatoms. The normalized spacial score (nSPS) is 15.3. The summed E-state index contributed by atoms with van der Waals surface area (Å²) in [5.41, 5.74) is 7.04. The highest BCUT2D eigenvalue weighted by atomic mass is 79.9.